The highest BCUT2D eigenvalue weighted by molar-refractivity contribution is 6.30. The molecule has 0 bridgehead atoms. The molecule has 25 heavy (non-hydrogen) atoms. The van der Waals surface area contributed by atoms with Gasteiger partial charge in [-0.15, -0.1) is 0 Å². The van der Waals surface area contributed by atoms with Crippen LogP contribution in [0.5, 0.6) is 0 Å². The highest BCUT2D eigenvalue weighted by Gasteiger charge is 2.24. The minimum atomic E-state index is -0.721. The summed E-state index contributed by atoms with van der Waals surface area (Å²) in [5.41, 5.74) is 13.0. The molecule has 0 aliphatic heterocycles. The third-order valence-electron chi connectivity index (χ3n) is 3.73. The summed E-state index contributed by atoms with van der Waals surface area (Å²) in [6.45, 7) is 2.87. The van der Waals surface area contributed by atoms with Crippen LogP contribution < -0.4 is 11.5 Å². The second-order valence-corrected chi connectivity index (χ2v) is 6.13. The Morgan fingerprint density at radius 1 is 1.04 bits per heavy atom. The number of aromatic nitrogens is 1. The van der Waals surface area contributed by atoms with Crippen molar-refractivity contribution in [2.75, 3.05) is 13.1 Å². The molecule has 132 valence electrons. The summed E-state index contributed by atoms with van der Waals surface area (Å²) in [7, 11) is 0. The molecule has 0 aliphatic carbocycles. The van der Waals surface area contributed by atoms with E-state index in [9.17, 15) is 14.4 Å². The third-order valence-corrected chi connectivity index (χ3v) is 3.98. The topological polar surface area (TPSA) is 111 Å². The van der Waals surface area contributed by atoms with Gasteiger partial charge in [0.1, 0.15) is 13.1 Å². The standard InChI is InChI=1S/C17H19ClN4O3/c1-10-7-14(17(25)21(8-15(19)23)9-16(20)24)11(2)22(10)13-5-3-12(18)4-6-13/h3-7H,8-9H2,1-2H3,(H2,19,23)(H2,20,24). The molecular weight excluding hydrogens is 344 g/mol. The maximum Gasteiger partial charge on any atom is 0.256 e. The highest BCUT2D eigenvalue weighted by Crippen LogP contribution is 2.23. The van der Waals surface area contributed by atoms with E-state index in [1.54, 1.807) is 25.1 Å². The van der Waals surface area contributed by atoms with E-state index in [0.29, 0.717) is 16.3 Å². The van der Waals surface area contributed by atoms with Crippen molar-refractivity contribution < 1.29 is 14.4 Å². The van der Waals surface area contributed by atoms with Crippen molar-refractivity contribution in [1.82, 2.24) is 9.47 Å². The molecule has 0 fully saturated rings. The van der Waals surface area contributed by atoms with Crippen LogP contribution in [0.25, 0.3) is 5.69 Å². The van der Waals surface area contributed by atoms with E-state index in [4.69, 9.17) is 23.1 Å². The fraction of sp³-hybridized carbons (Fsp3) is 0.235. The largest absolute Gasteiger partial charge is 0.368 e. The maximum atomic E-state index is 12.8. The molecule has 7 nitrogen and oxygen atoms in total. The average Bonchev–Trinajstić information content (AvgIpc) is 2.81. The lowest BCUT2D eigenvalue weighted by Gasteiger charge is -2.19. The van der Waals surface area contributed by atoms with Gasteiger partial charge in [0.25, 0.3) is 5.91 Å². The van der Waals surface area contributed by atoms with Gasteiger partial charge in [-0.2, -0.15) is 0 Å². The van der Waals surface area contributed by atoms with Crippen molar-refractivity contribution in [1.29, 1.82) is 0 Å². The first kappa shape index (κ1) is 18.5. The van der Waals surface area contributed by atoms with Crippen LogP contribution in [0.1, 0.15) is 21.7 Å². The van der Waals surface area contributed by atoms with E-state index in [0.717, 1.165) is 16.3 Å². The Hall–Kier alpha value is -2.80. The Balaban J connectivity index is 2.43. The number of amides is 3. The van der Waals surface area contributed by atoms with Crippen LogP contribution in [-0.2, 0) is 9.59 Å². The molecule has 0 atom stereocenters. The van der Waals surface area contributed by atoms with Crippen LogP contribution in [0.3, 0.4) is 0 Å². The first-order chi connectivity index (χ1) is 11.7. The van der Waals surface area contributed by atoms with E-state index in [-0.39, 0.29) is 13.1 Å². The molecule has 0 saturated carbocycles. The number of hydrogen-bond donors (Lipinski definition) is 2. The summed E-state index contributed by atoms with van der Waals surface area (Å²) < 4.78 is 1.89. The summed E-state index contributed by atoms with van der Waals surface area (Å²) >= 11 is 5.92. The summed E-state index contributed by atoms with van der Waals surface area (Å²) in [5, 5.41) is 0.608. The Labute approximate surface area is 150 Å². The summed E-state index contributed by atoms with van der Waals surface area (Å²) in [6.07, 6.45) is 0. The average molecular weight is 363 g/mol. The number of carbonyl (C=O) groups excluding carboxylic acids is 3. The first-order valence-corrected chi connectivity index (χ1v) is 7.89. The quantitative estimate of drug-likeness (QED) is 0.804. The molecule has 1 heterocycles. The van der Waals surface area contributed by atoms with Gasteiger partial charge in [0, 0.05) is 22.1 Å². The maximum absolute atomic E-state index is 12.8. The second kappa shape index (κ2) is 7.40. The predicted molar refractivity (Wildman–Crippen MR) is 94.5 cm³/mol. The minimum Gasteiger partial charge on any atom is -0.368 e. The van der Waals surface area contributed by atoms with Gasteiger partial charge in [-0.05, 0) is 44.2 Å². The lowest BCUT2D eigenvalue weighted by Crippen LogP contribution is -2.43. The molecule has 8 heteroatoms. The van der Waals surface area contributed by atoms with E-state index in [1.807, 2.05) is 23.6 Å². The molecule has 2 rings (SSSR count). The van der Waals surface area contributed by atoms with Gasteiger partial charge in [0.05, 0.1) is 5.56 Å². The van der Waals surface area contributed by atoms with E-state index in [1.165, 1.54) is 0 Å². The fourth-order valence-electron chi connectivity index (χ4n) is 2.71. The van der Waals surface area contributed by atoms with Gasteiger partial charge in [-0.1, -0.05) is 11.6 Å². The van der Waals surface area contributed by atoms with Crippen molar-refractivity contribution in [3.63, 3.8) is 0 Å². The zero-order chi connectivity index (χ0) is 18.7. The number of rotatable bonds is 6. The van der Waals surface area contributed by atoms with E-state index in [2.05, 4.69) is 0 Å². The van der Waals surface area contributed by atoms with Gasteiger partial charge in [-0.3, -0.25) is 14.4 Å². The molecule has 0 unspecified atom stereocenters. The monoisotopic (exact) mass is 362 g/mol. The fourth-order valence-corrected chi connectivity index (χ4v) is 2.84. The number of benzene rings is 1. The molecule has 0 spiro atoms. The lowest BCUT2D eigenvalue weighted by molar-refractivity contribution is -0.121. The summed E-state index contributed by atoms with van der Waals surface area (Å²) in [4.78, 5) is 36.2. The Morgan fingerprint density at radius 3 is 2.04 bits per heavy atom. The Bertz CT molecular complexity index is 811. The van der Waals surface area contributed by atoms with Crippen molar-refractivity contribution in [3.8, 4) is 5.69 Å². The number of aryl methyl sites for hydroxylation is 1. The molecule has 0 aliphatic rings. The van der Waals surface area contributed by atoms with Gasteiger partial charge >= 0.3 is 0 Å². The molecule has 1 aromatic heterocycles. The SMILES string of the molecule is Cc1cc(C(=O)N(CC(N)=O)CC(N)=O)c(C)n1-c1ccc(Cl)cc1. The van der Waals surface area contributed by atoms with Gasteiger partial charge in [-0.25, -0.2) is 0 Å². The number of carbonyl (C=O) groups is 3. The highest BCUT2D eigenvalue weighted by atomic mass is 35.5. The molecule has 0 saturated heterocycles. The van der Waals surface area contributed by atoms with E-state index >= 15 is 0 Å². The zero-order valence-corrected chi connectivity index (χ0v) is 14.7. The molecule has 4 N–H and O–H groups in total. The van der Waals surface area contributed by atoms with Crippen molar-refractivity contribution >= 4 is 29.3 Å². The predicted octanol–water partition coefficient (Wildman–Crippen LogP) is 1.16. The number of halogens is 1. The lowest BCUT2D eigenvalue weighted by atomic mass is 10.2. The Kier molecular flexibility index (Phi) is 5.48. The van der Waals surface area contributed by atoms with Crippen LogP contribution in [0.4, 0.5) is 0 Å². The molecule has 1 aromatic carbocycles. The molecule has 3 amide bonds. The molecule has 2 aromatic rings. The van der Waals surface area contributed by atoms with Crippen LogP contribution >= 0.6 is 11.6 Å². The van der Waals surface area contributed by atoms with Crippen LogP contribution in [0.15, 0.2) is 30.3 Å². The third kappa shape index (κ3) is 4.19. The van der Waals surface area contributed by atoms with Crippen molar-refractivity contribution in [2.45, 2.75) is 13.8 Å². The zero-order valence-electron chi connectivity index (χ0n) is 14.0. The summed E-state index contributed by atoms with van der Waals surface area (Å²) in [5.74, 6) is -1.92. The van der Waals surface area contributed by atoms with Gasteiger partial charge in [0.2, 0.25) is 11.8 Å². The van der Waals surface area contributed by atoms with Gasteiger partial charge in [0.15, 0.2) is 0 Å². The number of hydrogen-bond acceptors (Lipinski definition) is 3. The summed E-state index contributed by atoms with van der Waals surface area (Å²) in [6, 6.07) is 8.87. The van der Waals surface area contributed by atoms with Crippen LogP contribution in [0.2, 0.25) is 5.02 Å². The van der Waals surface area contributed by atoms with Crippen LogP contribution in [0, 0.1) is 13.8 Å². The molecular formula is C17H19ClN4O3. The second-order valence-electron chi connectivity index (χ2n) is 5.69. The van der Waals surface area contributed by atoms with Crippen molar-refractivity contribution in [3.05, 3.63) is 52.3 Å². The number of primary amides is 2. The van der Waals surface area contributed by atoms with Crippen LogP contribution in [-0.4, -0.2) is 40.3 Å². The van der Waals surface area contributed by atoms with E-state index < -0.39 is 17.7 Å². The number of nitrogens with zero attached hydrogens (tertiary/aromatic N) is 2. The number of nitrogens with two attached hydrogens (primary N) is 2. The Morgan fingerprint density at radius 2 is 1.56 bits per heavy atom. The molecule has 0 radical (unpaired) electrons. The first-order valence-electron chi connectivity index (χ1n) is 7.51. The minimum absolute atomic E-state index is 0.370. The van der Waals surface area contributed by atoms with Crippen molar-refractivity contribution in [2.24, 2.45) is 11.5 Å². The van der Waals surface area contributed by atoms with Gasteiger partial charge < -0.3 is 20.9 Å². The normalized spacial score (nSPS) is 10.5. The smallest absolute Gasteiger partial charge is 0.256 e.